The normalized spacial score (nSPS) is 13.0. The van der Waals surface area contributed by atoms with Crippen molar-refractivity contribution in [2.45, 2.75) is 24.9 Å². The van der Waals surface area contributed by atoms with E-state index in [4.69, 9.17) is 25.8 Å². The summed E-state index contributed by atoms with van der Waals surface area (Å²) in [6.45, 7) is 0.817. The highest BCUT2D eigenvalue weighted by Crippen LogP contribution is 2.15. The Morgan fingerprint density at radius 2 is 1.18 bits per heavy atom. The van der Waals surface area contributed by atoms with E-state index in [1.165, 1.54) is 24.3 Å². The molecule has 3 aromatic rings. The Morgan fingerprint density at radius 1 is 0.711 bits per heavy atom. The molecule has 9 nitrogen and oxygen atoms in total. The van der Waals surface area contributed by atoms with Crippen molar-refractivity contribution in [2.75, 3.05) is 12.4 Å². The lowest BCUT2D eigenvalue weighted by Crippen LogP contribution is -2.85. The summed E-state index contributed by atoms with van der Waals surface area (Å²) in [4.78, 5) is 50.4. The van der Waals surface area contributed by atoms with Crippen molar-refractivity contribution in [2.24, 2.45) is 0 Å². The number of esters is 3. The van der Waals surface area contributed by atoms with Crippen LogP contribution in [0.15, 0.2) is 91.0 Å². The van der Waals surface area contributed by atoms with Gasteiger partial charge >= 0.3 is 17.9 Å². The Morgan fingerprint density at radius 3 is 1.66 bits per heavy atom. The molecule has 0 aliphatic rings. The number of carbonyl (C=O) groups is 4. The smallest absolute Gasteiger partial charge is 0.352 e. The molecule has 0 aliphatic heterocycles. The number of quaternary nitrogens is 1. The zero-order chi connectivity index (χ0) is 27.3. The SMILES string of the molecule is O=C(O[C@H](C(=O)[O-])[C@@H](OC(=O)c1ccccc1)C(=O)O[C@@H](CCl)C[NH2+]Cc1ccccc1)c1ccccc1. The zero-order valence-electron chi connectivity index (χ0n) is 20.2. The molecule has 0 spiro atoms. The van der Waals surface area contributed by atoms with Gasteiger partial charge in [0.05, 0.1) is 23.0 Å². The minimum Gasteiger partial charge on any atom is -0.546 e. The monoisotopic (exact) mass is 539 g/mol. The number of nitrogens with two attached hydrogens (primary N) is 1. The van der Waals surface area contributed by atoms with Gasteiger partial charge in [0.1, 0.15) is 13.1 Å². The van der Waals surface area contributed by atoms with E-state index in [1.54, 1.807) is 36.4 Å². The first-order chi connectivity index (χ1) is 18.4. The first kappa shape index (κ1) is 28.4. The summed E-state index contributed by atoms with van der Waals surface area (Å²) in [5.41, 5.74) is 1.10. The van der Waals surface area contributed by atoms with Crippen molar-refractivity contribution < 1.29 is 43.8 Å². The molecule has 3 rings (SSSR count). The number of carboxylic acid groups (broad SMARTS) is 1. The molecule has 2 N–H and O–H groups in total. The van der Waals surface area contributed by atoms with Gasteiger partial charge in [-0.25, -0.2) is 14.4 Å². The second-order valence-electron chi connectivity index (χ2n) is 8.13. The Kier molecular flexibility index (Phi) is 10.8. The maximum atomic E-state index is 13.1. The lowest BCUT2D eigenvalue weighted by Gasteiger charge is -2.27. The Bertz CT molecular complexity index is 1210. The van der Waals surface area contributed by atoms with Gasteiger partial charge in [-0.2, -0.15) is 0 Å². The predicted molar refractivity (Wildman–Crippen MR) is 134 cm³/mol. The Balaban J connectivity index is 1.77. The molecule has 198 valence electrons. The van der Waals surface area contributed by atoms with Crippen molar-refractivity contribution in [3.63, 3.8) is 0 Å². The summed E-state index contributed by atoms with van der Waals surface area (Å²) in [7, 11) is 0. The fraction of sp³-hybridized carbons (Fsp3) is 0.214. The highest BCUT2D eigenvalue weighted by atomic mass is 35.5. The third-order valence-corrected chi connectivity index (χ3v) is 5.68. The van der Waals surface area contributed by atoms with Crippen LogP contribution in [-0.2, 0) is 30.3 Å². The van der Waals surface area contributed by atoms with E-state index in [-0.39, 0.29) is 23.6 Å². The number of ether oxygens (including phenoxy) is 3. The number of carboxylic acids is 1. The minimum absolute atomic E-state index is 0.0226. The minimum atomic E-state index is -2.29. The largest absolute Gasteiger partial charge is 0.546 e. The third-order valence-electron chi connectivity index (χ3n) is 5.33. The van der Waals surface area contributed by atoms with E-state index in [9.17, 15) is 24.3 Å². The van der Waals surface area contributed by atoms with Gasteiger partial charge in [0.2, 0.25) is 6.10 Å². The van der Waals surface area contributed by atoms with Gasteiger partial charge in [-0.15, -0.1) is 11.6 Å². The van der Waals surface area contributed by atoms with Gasteiger partial charge < -0.3 is 29.4 Å². The molecule has 3 atom stereocenters. The summed E-state index contributed by atoms with van der Waals surface area (Å²) in [5.74, 6) is -5.39. The summed E-state index contributed by atoms with van der Waals surface area (Å²) in [6, 6.07) is 24.7. The number of hydrogen-bond acceptors (Lipinski definition) is 8. The molecular formula is C28H26ClNO8. The molecule has 0 heterocycles. The van der Waals surface area contributed by atoms with Crippen LogP contribution in [0.5, 0.6) is 0 Å². The fourth-order valence-corrected chi connectivity index (χ4v) is 3.60. The van der Waals surface area contributed by atoms with Gasteiger partial charge in [-0.05, 0) is 24.3 Å². The molecule has 0 radical (unpaired) electrons. The standard InChI is InChI=1S/C28H26ClNO8/c29-16-22(18-30-17-19-10-4-1-5-11-19)36-28(35)24(38-27(34)21-14-8-3-9-15-21)23(25(31)32)37-26(33)20-12-6-2-7-13-20/h1-15,22-24,30H,16-18H2,(H,31,32)/t22-,23-,24+/m0/s1. The second-order valence-corrected chi connectivity index (χ2v) is 8.44. The molecular weight excluding hydrogens is 514 g/mol. The van der Waals surface area contributed by atoms with Crippen molar-refractivity contribution in [3.8, 4) is 0 Å². The van der Waals surface area contributed by atoms with Crippen LogP contribution < -0.4 is 10.4 Å². The second kappa shape index (κ2) is 14.5. The average molecular weight is 540 g/mol. The van der Waals surface area contributed by atoms with Gasteiger partial charge in [-0.3, -0.25) is 0 Å². The molecule has 3 aromatic carbocycles. The predicted octanol–water partition coefficient (Wildman–Crippen LogP) is 1.10. The molecule has 10 heteroatoms. The van der Waals surface area contributed by atoms with E-state index < -0.39 is 42.2 Å². The number of hydrogen-bond donors (Lipinski definition) is 1. The summed E-state index contributed by atoms with van der Waals surface area (Å²) >= 11 is 5.99. The first-order valence-electron chi connectivity index (χ1n) is 11.7. The quantitative estimate of drug-likeness (QED) is 0.194. The van der Waals surface area contributed by atoms with Crippen LogP contribution in [0, 0.1) is 0 Å². The summed E-state index contributed by atoms with van der Waals surface area (Å²) in [5, 5.41) is 13.8. The van der Waals surface area contributed by atoms with Gasteiger partial charge in [0, 0.05) is 5.56 Å². The maximum absolute atomic E-state index is 13.1. The zero-order valence-corrected chi connectivity index (χ0v) is 21.0. The maximum Gasteiger partial charge on any atom is 0.352 e. The van der Waals surface area contributed by atoms with E-state index >= 15 is 0 Å². The number of aliphatic carboxylic acids is 1. The van der Waals surface area contributed by atoms with Crippen LogP contribution in [0.1, 0.15) is 26.3 Å². The molecule has 0 aliphatic carbocycles. The molecule has 0 amide bonds. The molecule has 0 saturated carbocycles. The first-order valence-corrected chi connectivity index (χ1v) is 12.3. The van der Waals surface area contributed by atoms with E-state index in [1.807, 2.05) is 35.6 Å². The number of halogens is 1. The number of rotatable bonds is 13. The van der Waals surface area contributed by atoms with Crippen LogP contribution in [0.25, 0.3) is 0 Å². The lowest BCUT2D eigenvalue weighted by molar-refractivity contribution is -0.675. The average Bonchev–Trinajstić information content (AvgIpc) is 2.95. The Hall–Kier alpha value is -4.21. The Labute approximate surface area is 224 Å². The highest BCUT2D eigenvalue weighted by molar-refractivity contribution is 6.18. The van der Waals surface area contributed by atoms with Gasteiger partial charge in [0.15, 0.2) is 12.2 Å². The van der Waals surface area contributed by atoms with E-state index in [0.717, 1.165) is 5.56 Å². The van der Waals surface area contributed by atoms with Gasteiger partial charge in [-0.1, -0.05) is 66.7 Å². The topological polar surface area (TPSA) is 136 Å². The molecule has 0 fully saturated rings. The molecule has 0 bridgehead atoms. The molecule has 38 heavy (non-hydrogen) atoms. The molecule has 0 aromatic heterocycles. The van der Waals surface area contributed by atoms with Crippen molar-refractivity contribution in [3.05, 3.63) is 108 Å². The summed E-state index contributed by atoms with van der Waals surface area (Å²) in [6.07, 6.45) is -5.30. The number of carbonyl (C=O) groups excluding carboxylic acids is 4. The molecule has 0 saturated heterocycles. The van der Waals surface area contributed by atoms with Crippen molar-refractivity contribution in [1.82, 2.24) is 0 Å². The third kappa shape index (κ3) is 8.43. The van der Waals surface area contributed by atoms with Crippen LogP contribution in [0.3, 0.4) is 0 Å². The molecule has 0 unspecified atom stereocenters. The fourth-order valence-electron chi connectivity index (χ4n) is 3.41. The van der Waals surface area contributed by atoms with Crippen molar-refractivity contribution in [1.29, 1.82) is 0 Å². The lowest BCUT2D eigenvalue weighted by atomic mass is 10.1. The van der Waals surface area contributed by atoms with Gasteiger partial charge in [0.25, 0.3) is 0 Å². The van der Waals surface area contributed by atoms with Crippen molar-refractivity contribution >= 4 is 35.5 Å². The number of alkyl halides is 1. The highest BCUT2D eigenvalue weighted by Gasteiger charge is 2.39. The van der Waals surface area contributed by atoms with Crippen LogP contribution in [0.2, 0.25) is 0 Å². The van der Waals surface area contributed by atoms with Crippen LogP contribution in [0.4, 0.5) is 0 Å². The van der Waals surface area contributed by atoms with Crippen LogP contribution >= 0.6 is 11.6 Å². The van der Waals surface area contributed by atoms with E-state index in [2.05, 4.69) is 0 Å². The summed E-state index contributed by atoms with van der Waals surface area (Å²) < 4.78 is 15.7. The van der Waals surface area contributed by atoms with Crippen LogP contribution in [-0.4, -0.2) is 54.6 Å². The number of benzene rings is 3. The van der Waals surface area contributed by atoms with E-state index in [0.29, 0.717) is 6.54 Å².